The molecule has 0 fully saturated rings. The van der Waals surface area contributed by atoms with Gasteiger partial charge < -0.3 is 4.74 Å². The first-order valence-electron chi connectivity index (χ1n) is 6.16. The zero-order valence-electron chi connectivity index (χ0n) is 11.2. The molecule has 0 radical (unpaired) electrons. The molecule has 0 unspecified atom stereocenters. The fourth-order valence-corrected chi connectivity index (χ4v) is 2.77. The first-order valence-corrected chi connectivity index (χ1v) is 8.51. The molecule has 0 heterocycles. The van der Waals surface area contributed by atoms with Crippen LogP contribution in [0.15, 0.2) is 18.2 Å². The van der Waals surface area contributed by atoms with Gasteiger partial charge in [-0.15, -0.1) is 11.6 Å². The number of ether oxygens (including phenoxy) is 1. The highest BCUT2D eigenvalue weighted by Crippen LogP contribution is 2.19. The molecule has 0 aliphatic heterocycles. The van der Waals surface area contributed by atoms with Crippen LogP contribution in [0.3, 0.4) is 0 Å². The summed E-state index contributed by atoms with van der Waals surface area (Å²) in [6.07, 6.45) is 0.564. The van der Waals surface area contributed by atoms with Gasteiger partial charge in [-0.1, -0.05) is 18.8 Å². The van der Waals surface area contributed by atoms with Crippen molar-refractivity contribution in [1.82, 2.24) is 0 Å². The van der Waals surface area contributed by atoms with E-state index in [1.165, 1.54) is 18.2 Å². The van der Waals surface area contributed by atoms with E-state index < -0.39 is 15.7 Å². The number of hydrogen-bond donors (Lipinski definition) is 0. The van der Waals surface area contributed by atoms with Gasteiger partial charge in [-0.05, 0) is 18.6 Å². The number of alkyl halides is 1. The Hall–Kier alpha value is -1.25. The Bertz CT molecular complexity index is 603. The zero-order valence-corrected chi connectivity index (χ0v) is 12.7. The summed E-state index contributed by atoms with van der Waals surface area (Å²) >= 11 is 5.47. The second-order valence-corrected chi connectivity index (χ2v) is 6.65. The minimum atomic E-state index is -3.12. The smallest absolute Gasteiger partial charge is 0.153 e. The Kier molecular flexibility index (Phi) is 6.83. The van der Waals surface area contributed by atoms with Crippen molar-refractivity contribution in [2.45, 2.75) is 13.3 Å². The Balaban J connectivity index is 2.74. The topological polar surface area (TPSA) is 43.4 Å². The maximum atomic E-state index is 13.2. The second kappa shape index (κ2) is 8.13. The largest absolute Gasteiger partial charge is 0.491 e. The van der Waals surface area contributed by atoms with Gasteiger partial charge in [0.15, 0.2) is 9.84 Å². The van der Waals surface area contributed by atoms with Crippen LogP contribution in [-0.4, -0.2) is 32.4 Å². The predicted molar refractivity (Wildman–Crippen MR) is 78.4 cm³/mol. The van der Waals surface area contributed by atoms with E-state index in [2.05, 4.69) is 11.8 Å². The lowest BCUT2D eigenvalue weighted by atomic mass is 10.2. The highest BCUT2D eigenvalue weighted by Gasteiger charge is 2.10. The molecule has 1 aromatic rings. The van der Waals surface area contributed by atoms with Gasteiger partial charge >= 0.3 is 0 Å². The Morgan fingerprint density at radius 2 is 2.10 bits per heavy atom. The standard InChI is InChI=1S/C14H16ClFO3S/c1-2-9-20(17,18)10-8-19-14-11-13(16)6-5-12(14)4-3-7-15/h5-6,11H,2,7-10H2,1H3. The van der Waals surface area contributed by atoms with Crippen molar-refractivity contribution in [3.8, 4) is 17.6 Å². The van der Waals surface area contributed by atoms with Gasteiger partial charge in [0.25, 0.3) is 0 Å². The van der Waals surface area contributed by atoms with E-state index in [-0.39, 0.29) is 29.7 Å². The van der Waals surface area contributed by atoms with E-state index in [1.54, 1.807) is 6.92 Å². The van der Waals surface area contributed by atoms with E-state index in [4.69, 9.17) is 16.3 Å². The summed E-state index contributed by atoms with van der Waals surface area (Å²) in [5, 5.41) is 0. The molecule has 3 nitrogen and oxygen atoms in total. The maximum absolute atomic E-state index is 13.2. The molecule has 1 aromatic carbocycles. The van der Waals surface area contributed by atoms with Crippen LogP contribution in [0.2, 0.25) is 0 Å². The molecule has 0 saturated carbocycles. The molecule has 0 saturated heterocycles. The van der Waals surface area contributed by atoms with Crippen LogP contribution in [0.1, 0.15) is 18.9 Å². The third kappa shape index (κ3) is 5.81. The normalized spacial score (nSPS) is 10.8. The van der Waals surface area contributed by atoms with Crippen LogP contribution in [-0.2, 0) is 9.84 Å². The second-order valence-electron chi connectivity index (χ2n) is 4.08. The molecule has 0 spiro atoms. The van der Waals surface area contributed by atoms with E-state index in [0.717, 1.165) is 0 Å². The highest BCUT2D eigenvalue weighted by molar-refractivity contribution is 7.91. The van der Waals surface area contributed by atoms with Gasteiger partial charge in [-0.2, -0.15) is 0 Å². The van der Waals surface area contributed by atoms with Gasteiger partial charge in [-0.25, -0.2) is 12.8 Å². The van der Waals surface area contributed by atoms with Crippen LogP contribution >= 0.6 is 11.6 Å². The summed E-state index contributed by atoms with van der Waals surface area (Å²) in [6, 6.07) is 3.92. The van der Waals surface area contributed by atoms with Crippen molar-refractivity contribution in [2.75, 3.05) is 24.0 Å². The summed E-state index contributed by atoms with van der Waals surface area (Å²) < 4.78 is 41.6. The Labute approximate surface area is 124 Å². The Morgan fingerprint density at radius 3 is 2.75 bits per heavy atom. The van der Waals surface area contributed by atoms with Crippen molar-refractivity contribution in [1.29, 1.82) is 0 Å². The molecule has 1 rings (SSSR count). The molecule has 20 heavy (non-hydrogen) atoms. The first kappa shape index (κ1) is 16.8. The van der Waals surface area contributed by atoms with Gasteiger partial charge in [0, 0.05) is 6.07 Å². The fraction of sp³-hybridized carbons (Fsp3) is 0.429. The number of halogens is 2. The minimum absolute atomic E-state index is 0.0264. The lowest BCUT2D eigenvalue weighted by Gasteiger charge is -2.08. The van der Waals surface area contributed by atoms with Crippen molar-refractivity contribution in [3.63, 3.8) is 0 Å². The first-order chi connectivity index (χ1) is 9.48. The molecule has 0 aliphatic carbocycles. The number of sulfone groups is 1. The van der Waals surface area contributed by atoms with E-state index >= 15 is 0 Å². The average molecular weight is 319 g/mol. The van der Waals surface area contributed by atoms with Crippen molar-refractivity contribution >= 4 is 21.4 Å². The van der Waals surface area contributed by atoms with Crippen LogP contribution in [0, 0.1) is 17.7 Å². The molecule has 0 atom stereocenters. The summed E-state index contributed by atoms with van der Waals surface area (Å²) in [4.78, 5) is 0. The van der Waals surface area contributed by atoms with E-state index in [9.17, 15) is 12.8 Å². The SMILES string of the molecule is CCCS(=O)(=O)CCOc1cc(F)ccc1C#CCCl. The number of benzene rings is 1. The van der Waals surface area contributed by atoms with Gasteiger partial charge in [0.1, 0.15) is 18.2 Å². The van der Waals surface area contributed by atoms with Crippen LogP contribution in [0.5, 0.6) is 5.75 Å². The molecule has 0 aromatic heterocycles. The van der Waals surface area contributed by atoms with Crippen LogP contribution in [0.4, 0.5) is 4.39 Å². The predicted octanol–water partition coefficient (Wildman–Crippen LogP) is 2.62. The van der Waals surface area contributed by atoms with Gasteiger partial charge in [-0.3, -0.25) is 0 Å². The molecule has 6 heteroatoms. The van der Waals surface area contributed by atoms with Crippen LogP contribution < -0.4 is 4.74 Å². The number of hydrogen-bond acceptors (Lipinski definition) is 3. The lowest BCUT2D eigenvalue weighted by Crippen LogP contribution is -2.17. The fourth-order valence-electron chi connectivity index (χ4n) is 1.54. The molecule has 0 aliphatic rings. The zero-order chi connectivity index (χ0) is 15.0. The van der Waals surface area contributed by atoms with E-state index in [0.29, 0.717) is 12.0 Å². The molecule has 0 amide bonds. The Morgan fingerprint density at radius 1 is 1.35 bits per heavy atom. The van der Waals surface area contributed by atoms with Gasteiger partial charge in [0.05, 0.1) is 22.9 Å². The minimum Gasteiger partial charge on any atom is -0.491 e. The third-order valence-electron chi connectivity index (χ3n) is 2.40. The van der Waals surface area contributed by atoms with Crippen molar-refractivity contribution in [3.05, 3.63) is 29.6 Å². The third-order valence-corrected chi connectivity index (χ3v) is 4.35. The molecular formula is C14H16ClFO3S. The van der Waals surface area contributed by atoms with E-state index in [1.807, 2.05) is 0 Å². The van der Waals surface area contributed by atoms with Crippen LogP contribution in [0.25, 0.3) is 0 Å². The van der Waals surface area contributed by atoms with Crippen molar-refractivity contribution in [2.24, 2.45) is 0 Å². The monoisotopic (exact) mass is 318 g/mol. The maximum Gasteiger partial charge on any atom is 0.153 e. The number of rotatable bonds is 6. The molecule has 110 valence electrons. The lowest BCUT2D eigenvalue weighted by molar-refractivity contribution is 0.338. The molecule has 0 bridgehead atoms. The van der Waals surface area contributed by atoms with Crippen molar-refractivity contribution < 1.29 is 17.5 Å². The highest BCUT2D eigenvalue weighted by atomic mass is 35.5. The molecular weight excluding hydrogens is 303 g/mol. The molecule has 0 N–H and O–H groups in total. The quantitative estimate of drug-likeness (QED) is 0.598. The summed E-state index contributed by atoms with van der Waals surface area (Å²) in [5.41, 5.74) is 0.486. The average Bonchev–Trinajstić information content (AvgIpc) is 2.37. The summed E-state index contributed by atoms with van der Waals surface area (Å²) in [5.74, 6) is 5.33. The summed E-state index contributed by atoms with van der Waals surface area (Å²) in [7, 11) is -3.12. The van der Waals surface area contributed by atoms with Gasteiger partial charge in [0.2, 0.25) is 0 Å². The summed E-state index contributed by atoms with van der Waals surface area (Å²) in [6.45, 7) is 1.77.